The quantitative estimate of drug-likeness (QED) is 0.379. The van der Waals surface area contributed by atoms with E-state index in [1.807, 2.05) is 53.6 Å². The summed E-state index contributed by atoms with van der Waals surface area (Å²) < 4.78 is 5.70. The van der Waals surface area contributed by atoms with Gasteiger partial charge in [0.25, 0.3) is 0 Å². The van der Waals surface area contributed by atoms with E-state index in [1.165, 1.54) is 11.1 Å². The van der Waals surface area contributed by atoms with Gasteiger partial charge in [0.1, 0.15) is 5.58 Å². The fourth-order valence-electron chi connectivity index (χ4n) is 4.30. The smallest absolute Gasteiger partial charge is 0.322 e. The number of para-hydroxylation sites is 2. The second-order valence-corrected chi connectivity index (χ2v) is 7.66. The number of carbonyl (C=O) groups is 1. The van der Waals surface area contributed by atoms with Crippen LogP contribution in [0, 0.1) is 0 Å². The van der Waals surface area contributed by atoms with Crippen LogP contribution in [0.3, 0.4) is 0 Å². The van der Waals surface area contributed by atoms with Crippen molar-refractivity contribution in [2.24, 2.45) is 0 Å². The third kappa shape index (κ3) is 2.67. The van der Waals surface area contributed by atoms with Crippen molar-refractivity contribution in [3.05, 3.63) is 90.3 Å². The molecule has 2 amide bonds. The van der Waals surface area contributed by atoms with Gasteiger partial charge in [-0.1, -0.05) is 48.5 Å². The van der Waals surface area contributed by atoms with Gasteiger partial charge in [0.15, 0.2) is 0 Å². The van der Waals surface area contributed by atoms with Gasteiger partial charge in [-0.3, -0.25) is 0 Å². The summed E-state index contributed by atoms with van der Waals surface area (Å²) in [5.74, 6) is 0. The molecule has 0 spiro atoms. The number of amides is 2. The number of fused-ring (bicyclic) bond motifs is 3. The summed E-state index contributed by atoms with van der Waals surface area (Å²) in [6, 6.07) is 22.4. The van der Waals surface area contributed by atoms with Crippen LogP contribution in [0.2, 0.25) is 0 Å². The summed E-state index contributed by atoms with van der Waals surface area (Å²) in [7, 11) is 0. The minimum Gasteiger partial charge on any atom is -0.464 e. The number of hydrogen-bond acceptors (Lipinski definition) is 2. The van der Waals surface area contributed by atoms with Gasteiger partial charge in [0, 0.05) is 41.1 Å². The molecule has 3 aromatic carbocycles. The van der Waals surface area contributed by atoms with Crippen LogP contribution in [-0.2, 0) is 13.1 Å². The minimum atomic E-state index is -0.0920. The molecule has 5 heteroatoms. The van der Waals surface area contributed by atoms with Crippen LogP contribution in [0.4, 0.5) is 10.5 Å². The first-order valence-corrected chi connectivity index (χ1v) is 9.97. The molecule has 0 bridgehead atoms. The maximum Gasteiger partial charge on any atom is 0.322 e. The molecular formula is C25H19N3O2. The van der Waals surface area contributed by atoms with Crippen LogP contribution in [0.15, 0.2) is 83.6 Å². The molecule has 0 saturated heterocycles. The molecule has 5 nitrogen and oxygen atoms in total. The number of anilines is 1. The predicted molar refractivity (Wildman–Crippen MR) is 118 cm³/mol. The van der Waals surface area contributed by atoms with Gasteiger partial charge in [-0.2, -0.15) is 0 Å². The van der Waals surface area contributed by atoms with Crippen molar-refractivity contribution >= 4 is 33.6 Å². The van der Waals surface area contributed by atoms with Crippen molar-refractivity contribution in [2.75, 3.05) is 5.32 Å². The molecule has 1 aliphatic rings. The van der Waals surface area contributed by atoms with Crippen LogP contribution in [0.5, 0.6) is 0 Å². The number of benzene rings is 3. The highest BCUT2D eigenvalue weighted by atomic mass is 16.3. The first kappa shape index (κ1) is 16.9. The van der Waals surface area contributed by atoms with Crippen LogP contribution in [0.25, 0.3) is 33.0 Å². The number of aromatic amines is 1. The Morgan fingerprint density at radius 2 is 1.87 bits per heavy atom. The zero-order valence-corrected chi connectivity index (χ0v) is 16.2. The second-order valence-electron chi connectivity index (χ2n) is 7.66. The number of nitrogens with one attached hydrogen (secondary N) is 2. The van der Waals surface area contributed by atoms with E-state index < -0.39 is 0 Å². The molecule has 1 aliphatic heterocycles. The molecule has 0 atom stereocenters. The van der Waals surface area contributed by atoms with Crippen molar-refractivity contribution in [1.82, 2.24) is 9.88 Å². The standard InChI is InChI=1S/C25H19N3O2/c29-25(27-23-13-26-22-7-2-1-5-21(22)23)28-14-18-9-8-17(12-19(18)15-28)20-6-3-4-16-10-11-30-24(16)20/h1-13,26H,14-15H2,(H,27,29). The lowest BCUT2D eigenvalue weighted by atomic mass is 9.99. The second kappa shape index (κ2) is 6.52. The maximum absolute atomic E-state index is 12.9. The highest BCUT2D eigenvalue weighted by Crippen LogP contribution is 2.33. The van der Waals surface area contributed by atoms with Crippen molar-refractivity contribution in [1.29, 1.82) is 0 Å². The average Bonchev–Trinajstić information content (AvgIpc) is 3.51. The fraction of sp³-hybridized carbons (Fsp3) is 0.0800. The molecule has 5 aromatic rings. The highest BCUT2D eigenvalue weighted by molar-refractivity contribution is 6.01. The van der Waals surface area contributed by atoms with E-state index in [1.54, 1.807) is 6.26 Å². The Morgan fingerprint density at radius 1 is 0.967 bits per heavy atom. The number of urea groups is 1. The highest BCUT2D eigenvalue weighted by Gasteiger charge is 2.24. The third-order valence-corrected chi connectivity index (χ3v) is 5.84. The van der Waals surface area contributed by atoms with E-state index in [9.17, 15) is 4.79 Å². The lowest BCUT2D eigenvalue weighted by Crippen LogP contribution is -2.30. The predicted octanol–water partition coefficient (Wildman–Crippen LogP) is 6.13. The summed E-state index contributed by atoms with van der Waals surface area (Å²) in [6.07, 6.45) is 3.56. The first-order valence-electron chi connectivity index (χ1n) is 9.97. The van der Waals surface area contributed by atoms with Crippen LogP contribution in [0.1, 0.15) is 11.1 Å². The summed E-state index contributed by atoms with van der Waals surface area (Å²) in [6.45, 7) is 1.19. The van der Waals surface area contributed by atoms with E-state index in [4.69, 9.17) is 4.42 Å². The molecule has 30 heavy (non-hydrogen) atoms. The SMILES string of the molecule is O=C(Nc1c[nH]c2ccccc12)N1Cc2ccc(-c3cccc4ccoc34)cc2C1. The molecular weight excluding hydrogens is 374 g/mol. The van der Waals surface area contributed by atoms with Crippen LogP contribution < -0.4 is 5.32 Å². The van der Waals surface area contributed by atoms with E-state index in [0.29, 0.717) is 13.1 Å². The van der Waals surface area contributed by atoms with E-state index in [2.05, 4.69) is 34.6 Å². The molecule has 6 rings (SSSR count). The molecule has 0 saturated carbocycles. The molecule has 2 aromatic heterocycles. The Balaban J connectivity index is 1.26. The summed E-state index contributed by atoms with van der Waals surface area (Å²) in [5.41, 5.74) is 7.23. The molecule has 0 fully saturated rings. The van der Waals surface area contributed by atoms with E-state index >= 15 is 0 Å². The normalized spacial score (nSPS) is 13.1. The van der Waals surface area contributed by atoms with Crippen LogP contribution >= 0.6 is 0 Å². The number of hydrogen-bond donors (Lipinski definition) is 2. The number of carbonyl (C=O) groups excluding carboxylic acids is 1. The topological polar surface area (TPSA) is 61.3 Å². The van der Waals surface area contributed by atoms with Gasteiger partial charge in [-0.15, -0.1) is 0 Å². The third-order valence-electron chi connectivity index (χ3n) is 5.84. The Hall–Kier alpha value is -3.99. The number of furan rings is 1. The molecule has 2 N–H and O–H groups in total. The van der Waals surface area contributed by atoms with Gasteiger partial charge in [0.2, 0.25) is 0 Å². The molecule has 0 radical (unpaired) electrons. The number of rotatable bonds is 2. The lowest BCUT2D eigenvalue weighted by Gasteiger charge is -2.16. The Kier molecular flexibility index (Phi) is 3.68. The Morgan fingerprint density at radius 3 is 2.83 bits per heavy atom. The maximum atomic E-state index is 12.9. The minimum absolute atomic E-state index is 0.0920. The molecule has 0 unspecified atom stereocenters. The number of nitrogens with zero attached hydrogens (tertiary/aromatic N) is 1. The van der Waals surface area contributed by atoms with Gasteiger partial charge in [-0.25, -0.2) is 4.79 Å². The van der Waals surface area contributed by atoms with Gasteiger partial charge in [-0.05, 0) is 34.9 Å². The summed E-state index contributed by atoms with van der Waals surface area (Å²) in [4.78, 5) is 17.9. The average molecular weight is 393 g/mol. The van der Waals surface area contributed by atoms with E-state index in [-0.39, 0.29) is 6.03 Å². The molecule has 146 valence electrons. The van der Waals surface area contributed by atoms with Crippen LogP contribution in [-0.4, -0.2) is 15.9 Å². The largest absolute Gasteiger partial charge is 0.464 e. The number of H-pyrrole nitrogens is 1. The van der Waals surface area contributed by atoms with Gasteiger partial charge >= 0.3 is 6.03 Å². The zero-order chi connectivity index (χ0) is 20.1. The summed E-state index contributed by atoms with van der Waals surface area (Å²) in [5, 5.41) is 5.15. The number of aromatic nitrogens is 1. The lowest BCUT2D eigenvalue weighted by molar-refractivity contribution is 0.212. The monoisotopic (exact) mass is 393 g/mol. The van der Waals surface area contributed by atoms with Crippen molar-refractivity contribution in [2.45, 2.75) is 13.1 Å². The van der Waals surface area contributed by atoms with Gasteiger partial charge in [0.05, 0.1) is 12.0 Å². The first-order chi connectivity index (χ1) is 14.8. The van der Waals surface area contributed by atoms with Crippen molar-refractivity contribution < 1.29 is 9.21 Å². The zero-order valence-electron chi connectivity index (χ0n) is 16.2. The molecule has 0 aliphatic carbocycles. The molecule has 3 heterocycles. The summed E-state index contributed by atoms with van der Waals surface area (Å²) >= 11 is 0. The Labute approximate surface area is 172 Å². The Bertz CT molecular complexity index is 1410. The van der Waals surface area contributed by atoms with E-state index in [0.717, 1.165) is 38.7 Å². The van der Waals surface area contributed by atoms with Crippen molar-refractivity contribution in [3.8, 4) is 11.1 Å². The van der Waals surface area contributed by atoms with Crippen molar-refractivity contribution in [3.63, 3.8) is 0 Å². The fourth-order valence-corrected chi connectivity index (χ4v) is 4.30. The van der Waals surface area contributed by atoms with Gasteiger partial charge < -0.3 is 19.6 Å².